The second kappa shape index (κ2) is 6.18. The molecule has 0 spiro atoms. The van der Waals surface area contributed by atoms with Crippen molar-refractivity contribution in [3.05, 3.63) is 51.5 Å². The minimum Gasteiger partial charge on any atom is -0.370 e. The van der Waals surface area contributed by atoms with Crippen molar-refractivity contribution in [2.75, 3.05) is 19.7 Å². The minimum atomic E-state index is -0.0507. The van der Waals surface area contributed by atoms with Crippen LogP contribution in [0, 0.1) is 20.8 Å². The van der Waals surface area contributed by atoms with Crippen LogP contribution in [0.4, 0.5) is 0 Å². The highest BCUT2D eigenvalue weighted by molar-refractivity contribution is 7.03. The molecule has 0 saturated carbocycles. The molecule has 1 atom stereocenters. The van der Waals surface area contributed by atoms with Crippen LogP contribution in [0.1, 0.15) is 38.8 Å². The number of amides is 1. The third kappa shape index (κ3) is 2.91. The summed E-state index contributed by atoms with van der Waals surface area (Å²) in [5.74, 6) is 0.0596. The van der Waals surface area contributed by atoms with Gasteiger partial charge in [0.05, 0.1) is 24.4 Å². The normalized spacial score (nSPS) is 18.5. The monoisotopic (exact) mass is 316 g/mol. The topological polar surface area (TPSA) is 42.4 Å². The van der Waals surface area contributed by atoms with Crippen molar-refractivity contribution in [2.24, 2.45) is 0 Å². The van der Waals surface area contributed by atoms with Crippen molar-refractivity contribution < 1.29 is 9.53 Å². The maximum atomic E-state index is 12.6. The lowest BCUT2D eigenvalue weighted by Gasteiger charge is -2.33. The van der Waals surface area contributed by atoms with Gasteiger partial charge >= 0.3 is 0 Å². The molecular formula is C17H20N2O2S. The Kier molecular flexibility index (Phi) is 4.27. The number of carbonyl (C=O) groups is 1. The summed E-state index contributed by atoms with van der Waals surface area (Å²) in [6.07, 6.45) is -0.0507. The Bertz CT molecular complexity index is 696. The number of rotatable bonds is 2. The van der Waals surface area contributed by atoms with E-state index < -0.39 is 0 Å². The number of ether oxygens (including phenoxy) is 1. The first-order chi connectivity index (χ1) is 10.6. The molecule has 3 rings (SSSR count). The average molecular weight is 316 g/mol. The molecule has 1 aliphatic heterocycles. The number of carbonyl (C=O) groups excluding carboxylic acids is 1. The van der Waals surface area contributed by atoms with Gasteiger partial charge in [0.25, 0.3) is 5.91 Å². The van der Waals surface area contributed by atoms with Crippen LogP contribution in [-0.2, 0) is 4.74 Å². The molecule has 22 heavy (non-hydrogen) atoms. The standard InChI is InChI=1S/C17H20N2O2S/c1-11-4-5-14(12(2)8-11)16-9-19(6-7-21-16)17(20)15-10-22-18-13(15)3/h4-5,8,10,16H,6-7,9H2,1-3H3/t16-/m1/s1. The van der Waals surface area contributed by atoms with E-state index in [0.717, 1.165) is 5.69 Å². The lowest BCUT2D eigenvalue weighted by Crippen LogP contribution is -2.42. The van der Waals surface area contributed by atoms with E-state index in [2.05, 4.69) is 36.4 Å². The number of hydrogen-bond donors (Lipinski definition) is 0. The molecule has 1 saturated heterocycles. The molecule has 2 heterocycles. The second-order valence-corrected chi connectivity index (χ2v) is 6.41. The first kappa shape index (κ1) is 15.2. The fourth-order valence-electron chi connectivity index (χ4n) is 2.88. The predicted molar refractivity (Wildman–Crippen MR) is 87.4 cm³/mol. The number of aromatic nitrogens is 1. The molecule has 1 fully saturated rings. The van der Waals surface area contributed by atoms with Crippen LogP contribution in [0.3, 0.4) is 0 Å². The fourth-order valence-corrected chi connectivity index (χ4v) is 3.56. The van der Waals surface area contributed by atoms with Crippen LogP contribution in [0.15, 0.2) is 23.6 Å². The molecule has 116 valence electrons. The van der Waals surface area contributed by atoms with Gasteiger partial charge in [0.1, 0.15) is 6.10 Å². The van der Waals surface area contributed by atoms with Gasteiger partial charge in [0.15, 0.2) is 0 Å². The van der Waals surface area contributed by atoms with Crippen LogP contribution >= 0.6 is 11.5 Å². The van der Waals surface area contributed by atoms with Crippen molar-refractivity contribution in [1.82, 2.24) is 9.27 Å². The molecule has 1 aromatic heterocycles. The van der Waals surface area contributed by atoms with E-state index in [0.29, 0.717) is 25.3 Å². The summed E-state index contributed by atoms with van der Waals surface area (Å²) >= 11 is 1.33. The van der Waals surface area contributed by atoms with Gasteiger partial charge in [-0.1, -0.05) is 23.8 Å². The lowest BCUT2D eigenvalue weighted by atomic mass is 9.99. The van der Waals surface area contributed by atoms with Gasteiger partial charge in [-0.05, 0) is 43.4 Å². The first-order valence-corrected chi connectivity index (χ1v) is 8.29. The molecule has 0 N–H and O–H groups in total. The van der Waals surface area contributed by atoms with E-state index >= 15 is 0 Å². The van der Waals surface area contributed by atoms with E-state index in [9.17, 15) is 4.79 Å². The Labute approximate surface area is 134 Å². The Morgan fingerprint density at radius 1 is 1.36 bits per heavy atom. The Morgan fingerprint density at radius 3 is 2.86 bits per heavy atom. The second-order valence-electron chi connectivity index (χ2n) is 5.78. The van der Waals surface area contributed by atoms with Crippen molar-refractivity contribution in [3.8, 4) is 0 Å². The Balaban J connectivity index is 1.80. The smallest absolute Gasteiger partial charge is 0.256 e. The lowest BCUT2D eigenvalue weighted by molar-refractivity contribution is -0.0231. The van der Waals surface area contributed by atoms with Crippen molar-refractivity contribution in [3.63, 3.8) is 0 Å². The third-order valence-electron chi connectivity index (χ3n) is 4.11. The predicted octanol–water partition coefficient (Wildman–Crippen LogP) is 3.28. The average Bonchev–Trinajstić information content (AvgIpc) is 2.93. The molecule has 2 aromatic rings. The first-order valence-electron chi connectivity index (χ1n) is 7.45. The quantitative estimate of drug-likeness (QED) is 0.854. The highest BCUT2D eigenvalue weighted by Crippen LogP contribution is 2.27. The molecule has 0 radical (unpaired) electrons. The third-order valence-corrected chi connectivity index (χ3v) is 4.83. The van der Waals surface area contributed by atoms with E-state index in [4.69, 9.17) is 4.74 Å². The molecule has 0 bridgehead atoms. The summed E-state index contributed by atoms with van der Waals surface area (Å²) in [5, 5.41) is 1.83. The van der Waals surface area contributed by atoms with Crippen molar-refractivity contribution in [2.45, 2.75) is 26.9 Å². The van der Waals surface area contributed by atoms with Crippen LogP contribution in [0.2, 0.25) is 0 Å². The Morgan fingerprint density at radius 2 is 2.18 bits per heavy atom. The maximum Gasteiger partial charge on any atom is 0.256 e. The van der Waals surface area contributed by atoms with Gasteiger partial charge in [-0.3, -0.25) is 4.79 Å². The number of benzene rings is 1. The van der Waals surface area contributed by atoms with Gasteiger partial charge in [0.2, 0.25) is 0 Å². The molecule has 0 unspecified atom stereocenters. The number of morpholine rings is 1. The molecule has 5 heteroatoms. The van der Waals surface area contributed by atoms with Gasteiger partial charge in [-0.25, -0.2) is 0 Å². The van der Waals surface area contributed by atoms with Crippen LogP contribution in [0.25, 0.3) is 0 Å². The van der Waals surface area contributed by atoms with Gasteiger partial charge < -0.3 is 9.64 Å². The minimum absolute atomic E-state index is 0.0507. The van der Waals surface area contributed by atoms with E-state index in [1.807, 2.05) is 17.2 Å². The number of nitrogens with zero attached hydrogens (tertiary/aromatic N) is 2. The summed E-state index contributed by atoms with van der Waals surface area (Å²) < 4.78 is 10.1. The zero-order chi connectivity index (χ0) is 15.7. The molecular weight excluding hydrogens is 296 g/mol. The fraction of sp³-hybridized carbons (Fsp3) is 0.412. The molecule has 1 amide bonds. The molecule has 0 aliphatic carbocycles. The van der Waals surface area contributed by atoms with E-state index in [-0.39, 0.29) is 12.0 Å². The van der Waals surface area contributed by atoms with Gasteiger partial charge in [-0.2, -0.15) is 4.37 Å². The van der Waals surface area contributed by atoms with Crippen LogP contribution in [-0.4, -0.2) is 34.9 Å². The zero-order valence-corrected chi connectivity index (χ0v) is 13.9. The summed E-state index contributed by atoms with van der Waals surface area (Å²) in [6.45, 7) is 7.86. The highest BCUT2D eigenvalue weighted by Gasteiger charge is 2.28. The summed E-state index contributed by atoms with van der Waals surface area (Å²) in [7, 11) is 0. The van der Waals surface area contributed by atoms with Crippen LogP contribution < -0.4 is 0 Å². The van der Waals surface area contributed by atoms with Crippen molar-refractivity contribution >= 4 is 17.4 Å². The van der Waals surface area contributed by atoms with E-state index in [1.54, 1.807) is 0 Å². The summed E-state index contributed by atoms with van der Waals surface area (Å²) in [5.41, 5.74) is 5.15. The maximum absolute atomic E-state index is 12.6. The van der Waals surface area contributed by atoms with Gasteiger partial charge in [-0.15, -0.1) is 0 Å². The van der Waals surface area contributed by atoms with Crippen LogP contribution in [0.5, 0.6) is 0 Å². The largest absolute Gasteiger partial charge is 0.370 e. The number of aryl methyl sites for hydroxylation is 3. The van der Waals surface area contributed by atoms with E-state index in [1.165, 1.54) is 28.2 Å². The Hall–Kier alpha value is -1.72. The highest BCUT2D eigenvalue weighted by atomic mass is 32.1. The van der Waals surface area contributed by atoms with Crippen molar-refractivity contribution in [1.29, 1.82) is 0 Å². The molecule has 1 aromatic carbocycles. The van der Waals surface area contributed by atoms with Gasteiger partial charge in [0, 0.05) is 11.9 Å². The number of hydrogen-bond acceptors (Lipinski definition) is 4. The zero-order valence-electron chi connectivity index (χ0n) is 13.1. The molecule has 4 nitrogen and oxygen atoms in total. The SMILES string of the molecule is Cc1ccc([C@H]2CN(C(=O)c3csnc3C)CCO2)c(C)c1. The summed E-state index contributed by atoms with van der Waals surface area (Å²) in [6, 6.07) is 6.37. The molecule has 1 aliphatic rings. The summed E-state index contributed by atoms with van der Waals surface area (Å²) in [4.78, 5) is 14.5.